The molecule has 0 saturated heterocycles. The number of rotatable bonds is 9. The van der Waals surface area contributed by atoms with Crippen molar-refractivity contribution in [3.63, 3.8) is 0 Å². The predicted molar refractivity (Wildman–Crippen MR) is 105 cm³/mol. The van der Waals surface area contributed by atoms with Crippen LogP contribution in [0.1, 0.15) is 47.0 Å². The number of hydrogen-bond donors (Lipinski definition) is 2. The van der Waals surface area contributed by atoms with Crippen LogP contribution >= 0.6 is 0 Å². The summed E-state index contributed by atoms with van der Waals surface area (Å²) in [5, 5.41) is 10.5. The van der Waals surface area contributed by atoms with Crippen molar-refractivity contribution in [3.05, 3.63) is 34.4 Å². The Balaban J connectivity index is 2.77. The third-order valence-corrected chi connectivity index (χ3v) is 10.3. The van der Waals surface area contributed by atoms with Crippen LogP contribution in [-0.2, 0) is 10.0 Å². The first-order chi connectivity index (χ1) is 11.6. The molecule has 0 aliphatic heterocycles. The van der Waals surface area contributed by atoms with Crippen molar-refractivity contribution >= 4 is 24.0 Å². The summed E-state index contributed by atoms with van der Waals surface area (Å²) in [4.78, 5) is 20.5. The van der Waals surface area contributed by atoms with E-state index in [1.807, 2.05) is 40.8 Å². The summed E-state index contributed by atoms with van der Waals surface area (Å²) in [6.07, 6.45) is 2.21. The molecule has 1 aromatic carbocycles. The van der Waals surface area contributed by atoms with E-state index in [1.54, 1.807) is 0 Å². The summed E-state index contributed by atoms with van der Waals surface area (Å²) in [6, 6.07) is 4.83. The molecule has 9 heteroatoms. The maximum absolute atomic E-state index is 12.5. The summed E-state index contributed by atoms with van der Waals surface area (Å²) in [5.41, 5.74) is -0.820. The van der Waals surface area contributed by atoms with E-state index in [9.17, 15) is 23.3 Å². The average molecular weight is 403 g/mol. The Morgan fingerprint density at radius 1 is 1.12 bits per heavy atom. The van der Waals surface area contributed by atoms with E-state index in [0.717, 1.165) is 12.8 Å². The quantitative estimate of drug-likeness (QED) is 0.371. The molecule has 148 valence electrons. The monoisotopic (exact) mass is 402 g/mol. The zero-order valence-electron chi connectivity index (χ0n) is 16.4. The highest BCUT2D eigenvalue weighted by atomic mass is 32.2. The molecule has 0 amide bonds. The molecule has 0 aromatic heterocycles. The summed E-state index contributed by atoms with van der Waals surface area (Å²) < 4.78 is 27.7. The zero-order chi connectivity index (χ0) is 20.4. The Morgan fingerprint density at radius 3 is 2.04 bits per heavy atom. The van der Waals surface area contributed by atoms with Gasteiger partial charge in [0.1, 0.15) is 0 Å². The van der Waals surface area contributed by atoms with Crippen LogP contribution in [0.15, 0.2) is 29.2 Å². The van der Waals surface area contributed by atoms with E-state index in [2.05, 4.69) is 4.72 Å². The van der Waals surface area contributed by atoms with Crippen molar-refractivity contribution in [3.8, 4) is 0 Å². The van der Waals surface area contributed by atoms with Gasteiger partial charge in [-0.25, -0.2) is 13.1 Å². The molecule has 0 bridgehead atoms. The lowest BCUT2D eigenvalue weighted by atomic mass is 9.95. The second-order valence-electron chi connectivity index (χ2n) is 8.54. The number of nitro groups is 1. The Bertz CT molecular complexity index is 737. The van der Waals surface area contributed by atoms with E-state index in [0.29, 0.717) is 6.42 Å². The Kier molecular flexibility index (Phi) is 6.78. The van der Waals surface area contributed by atoms with E-state index >= 15 is 0 Å². The van der Waals surface area contributed by atoms with Gasteiger partial charge in [0.2, 0.25) is 10.0 Å². The van der Waals surface area contributed by atoms with Crippen LogP contribution in [0.25, 0.3) is 0 Å². The number of nitrogens with zero attached hydrogens (tertiary/aromatic N) is 1. The normalized spacial score (nSPS) is 13.7. The van der Waals surface area contributed by atoms with Crippen LogP contribution in [0.4, 0.5) is 5.69 Å². The van der Waals surface area contributed by atoms with Gasteiger partial charge in [-0.3, -0.25) is 10.1 Å². The highest BCUT2D eigenvalue weighted by Gasteiger charge is 2.38. The summed E-state index contributed by atoms with van der Waals surface area (Å²) >= 11 is 0. The third-order valence-electron chi connectivity index (χ3n) is 5.03. The van der Waals surface area contributed by atoms with E-state index in [4.69, 9.17) is 0 Å². The summed E-state index contributed by atoms with van der Waals surface area (Å²) in [6.45, 7) is 11.5. The minimum absolute atomic E-state index is 0.000374. The lowest BCUT2D eigenvalue weighted by molar-refractivity contribution is -0.384. The number of nitrogens with one attached hydrogen (secondary N) is 1. The fraction of sp³-hybridized carbons (Fsp3) is 0.647. The number of benzene rings is 1. The average Bonchev–Trinajstić information content (AvgIpc) is 2.44. The van der Waals surface area contributed by atoms with E-state index < -0.39 is 28.8 Å². The van der Waals surface area contributed by atoms with Crippen molar-refractivity contribution < 1.29 is 18.1 Å². The van der Waals surface area contributed by atoms with Gasteiger partial charge < -0.3 is 4.80 Å². The zero-order valence-corrected chi connectivity index (χ0v) is 18.2. The molecule has 1 rings (SSSR count). The standard InChI is InChI=1S/C17H30N2O5SSi/c1-16(2,12-7-13-17(3,4)26(5,6)24)18-25(22,23)15-10-8-14(9-11-15)19(20)21/h8-11,18,24H,7,12-13H2,1-6H3. The SMILES string of the molecule is CC(C)(CCCC(C)(C)[Si](C)(C)O)NS(=O)(=O)c1ccc([N+](=O)[O-])cc1. The largest absolute Gasteiger partial charge is 0.432 e. The maximum atomic E-state index is 12.5. The van der Waals surface area contributed by atoms with Crippen LogP contribution < -0.4 is 4.72 Å². The van der Waals surface area contributed by atoms with Crippen molar-refractivity contribution in [2.24, 2.45) is 0 Å². The minimum atomic E-state index is -3.77. The molecule has 0 radical (unpaired) electrons. The number of nitro benzene ring substituents is 1. The van der Waals surface area contributed by atoms with Gasteiger partial charge in [-0.15, -0.1) is 0 Å². The lowest BCUT2D eigenvalue weighted by Gasteiger charge is -2.36. The van der Waals surface area contributed by atoms with Gasteiger partial charge in [0.15, 0.2) is 8.32 Å². The van der Waals surface area contributed by atoms with Crippen molar-refractivity contribution in [2.45, 2.75) is 75.5 Å². The maximum Gasteiger partial charge on any atom is 0.269 e. The molecule has 0 fully saturated rings. The van der Waals surface area contributed by atoms with Crippen molar-refractivity contribution in [1.29, 1.82) is 0 Å². The van der Waals surface area contributed by atoms with Crippen molar-refractivity contribution in [2.75, 3.05) is 0 Å². The first-order valence-corrected chi connectivity index (χ1v) is 13.0. The second-order valence-corrected chi connectivity index (χ2v) is 14.7. The highest BCUT2D eigenvalue weighted by molar-refractivity contribution is 7.89. The van der Waals surface area contributed by atoms with Gasteiger partial charge in [0.25, 0.3) is 5.69 Å². The first kappa shape index (κ1) is 22.7. The van der Waals surface area contributed by atoms with Crippen LogP contribution in [0, 0.1) is 10.1 Å². The minimum Gasteiger partial charge on any atom is -0.432 e. The fourth-order valence-corrected chi connectivity index (χ4v) is 4.73. The smallest absolute Gasteiger partial charge is 0.269 e. The molecule has 0 atom stereocenters. The van der Waals surface area contributed by atoms with Gasteiger partial charge in [-0.05, 0) is 57.0 Å². The van der Waals surface area contributed by atoms with Crippen LogP contribution in [-0.4, -0.2) is 32.0 Å². The second kappa shape index (κ2) is 7.75. The molecule has 2 N–H and O–H groups in total. The molecule has 7 nitrogen and oxygen atoms in total. The molecular formula is C17H30N2O5SSi. The third kappa shape index (κ3) is 6.15. The summed E-state index contributed by atoms with van der Waals surface area (Å²) in [5.74, 6) is 0. The molecule has 0 aliphatic rings. The molecular weight excluding hydrogens is 372 g/mol. The number of hydrogen-bond acceptors (Lipinski definition) is 5. The van der Waals surface area contributed by atoms with Gasteiger partial charge in [-0.1, -0.05) is 20.3 Å². The first-order valence-electron chi connectivity index (χ1n) is 8.58. The Labute approximate surface area is 157 Å². The highest BCUT2D eigenvalue weighted by Crippen LogP contribution is 2.40. The van der Waals surface area contributed by atoms with Gasteiger partial charge in [0, 0.05) is 17.7 Å². The van der Waals surface area contributed by atoms with Crippen LogP contribution in [0.3, 0.4) is 0 Å². The van der Waals surface area contributed by atoms with Gasteiger partial charge in [-0.2, -0.15) is 0 Å². The molecule has 0 spiro atoms. The predicted octanol–water partition coefficient (Wildman–Crippen LogP) is 3.80. The van der Waals surface area contributed by atoms with Crippen LogP contribution in [0.5, 0.6) is 0 Å². The topological polar surface area (TPSA) is 110 Å². The fourth-order valence-electron chi connectivity index (χ4n) is 2.50. The van der Waals surface area contributed by atoms with E-state index in [-0.39, 0.29) is 15.6 Å². The molecule has 0 saturated carbocycles. The molecule has 1 aromatic rings. The Hall–Kier alpha value is -1.29. The van der Waals surface area contributed by atoms with Gasteiger partial charge in [0.05, 0.1) is 9.82 Å². The van der Waals surface area contributed by atoms with Gasteiger partial charge >= 0.3 is 0 Å². The molecule has 0 aliphatic carbocycles. The van der Waals surface area contributed by atoms with Crippen LogP contribution in [0.2, 0.25) is 18.1 Å². The number of sulfonamides is 1. The molecule has 0 unspecified atom stereocenters. The summed E-state index contributed by atoms with van der Waals surface area (Å²) in [7, 11) is -6.06. The van der Waals surface area contributed by atoms with E-state index in [1.165, 1.54) is 24.3 Å². The molecule has 0 heterocycles. The molecule has 26 heavy (non-hydrogen) atoms. The lowest BCUT2D eigenvalue weighted by Crippen LogP contribution is -2.44. The Morgan fingerprint density at radius 2 is 1.62 bits per heavy atom. The number of non-ortho nitro benzene ring substituents is 1. The van der Waals surface area contributed by atoms with Crippen molar-refractivity contribution in [1.82, 2.24) is 4.72 Å².